The van der Waals surface area contributed by atoms with E-state index in [2.05, 4.69) is 10.2 Å². The summed E-state index contributed by atoms with van der Waals surface area (Å²) in [6.07, 6.45) is -4.02. The molecular weight excluding hydrogens is 447 g/mol. The molecule has 1 aliphatic heterocycles. The summed E-state index contributed by atoms with van der Waals surface area (Å²) in [6.45, 7) is 0.221. The Bertz CT molecular complexity index is 1330. The lowest BCUT2D eigenvalue weighted by atomic mass is 9.94. The molecule has 6 nitrogen and oxygen atoms in total. The summed E-state index contributed by atoms with van der Waals surface area (Å²) in [5, 5.41) is 18.2. The van der Waals surface area contributed by atoms with Gasteiger partial charge in [-0.25, -0.2) is 4.39 Å². The number of halogens is 3. The number of amides is 1. The molecule has 1 aliphatic rings. The summed E-state index contributed by atoms with van der Waals surface area (Å²) in [5.74, 6) is -1.69. The lowest BCUT2D eigenvalue weighted by Crippen LogP contribution is -2.33. The molecule has 3 aromatic carbocycles. The molecule has 5 rings (SSSR count). The topological polar surface area (TPSA) is 79.5 Å². The molecule has 1 aromatic heterocycles. The highest BCUT2D eigenvalue weighted by atomic mass is 19.3. The Morgan fingerprint density at radius 3 is 2.35 bits per heavy atom. The molecule has 9 heteroatoms. The average molecular weight is 465 g/mol. The number of alkyl halides is 2. The third kappa shape index (κ3) is 3.94. The van der Waals surface area contributed by atoms with Crippen molar-refractivity contribution in [1.82, 2.24) is 15.1 Å². The molecule has 1 amide bonds. The van der Waals surface area contributed by atoms with Gasteiger partial charge in [-0.05, 0) is 41.0 Å². The Morgan fingerprint density at radius 1 is 0.941 bits per heavy atom. The van der Waals surface area contributed by atoms with Crippen LogP contribution in [0.4, 0.5) is 13.2 Å². The van der Waals surface area contributed by atoms with Crippen LogP contribution in [-0.4, -0.2) is 26.1 Å². The number of hydrogen-bond donors (Lipinski definition) is 1. The summed E-state index contributed by atoms with van der Waals surface area (Å²) in [7, 11) is 0. The summed E-state index contributed by atoms with van der Waals surface area (Å²) < 4.78 is 44.1. The highest BCUT2D eigenvalue weighted by Crippen LogP contribution is 2.40. The Balaban J connectivity index is 1.50. The number of nitrogens with zero attached hydrogens (tertiary/aromatic N) is 3. The van der Waals surface area contributed by atoms with Crippen molar-refractivity contribution in [3.05, 3.63) is 107 Å². The number of aliphatic hydroxyl groups is 1. The number of carbonyl (C=O) groups is 1. The van der Waals surface area contributed by atoms with Gasteiger partial charge in [-0.2, -0.15) is 8.78 Å². The fourth-order valence-electron chi connectivity index (χ4n) is 4.15. The van der Waals surface area contributed by atoms with Crippen LogP contribution < -0.4 is 0 Å². The molecular formula is C25H18F3N3O3. The van der Waals surface area contributed by atoms with Crippen molar-refractivity contribution >= 4 is 5.91 Å². The standard InChI is InChI=1S/C25H18F3N3O3/c26-18-10-8-15(9-11-18)21(32)20(14-4-2-1-3-5-14)31-13-17-7-6-16(12-19(17)25(31)33)23-29-30-24(34-23)22(27)28/h1-12,20-22,32H,13H2. The van der Waals surface area contributed by atoms with E-state index < -0.39 is 30.3 Å². The molecule has 0 aliphatic carbocycles. The minimum atomic E-state index is -2.90. The van der Waals surface area contributed by atoms with E-state index in [9.17, 15) is 23.1 Å². The second-order valence-electron chi connectivity index (χ2n) is 7.90. The van der Waals surface area contributed by atoms with Gasteiger partial charge >= 0.3 is 6.43 Å². The van der Waals surface area contributed by atoms with Crippen LogP contribution in [0.25, 0.3) is 11.5 Å². The lowest BCUT2D eigenvalue weighted by molar-refractivity contribution is 0.0360. The second kappa shape index (κ2) is 8.75. The molecule has 0 saturated carbocycles. The third-order valence-electron chi connectivity index (χ3n) is 5.80. The van der Waals surface area contributed by atoms with Crippen LogP contribution >= 0.6 is 0 Å². The summed E-state index contributed by atoms with van der Waals surface area (Å²) in [4.78, 5) is 15.0. The third-order valence-corrected chi connectivity index (χ3v) is 5.80. The van der Waals surface area contributed by atoms with E-state index in [4.69, 9.17) is 4.42 Å². The van der Waals surface area contributed by atoms with Gasteiger partial charge in [0.15, 0.2) is 0 Å². The van der Waals surface area contributed by atoms with Gasteiger partial charge < -0.3 is 14.4 Å². The van der Waals surface area contributed by atoms with Crippen molar-refractivity contribution in [2.75, 3.05) is 0 Å². The molecule has 2 unspecified atom stereocenters. The summed E-state index contributed by atoms with van der Waals surface area (Å²) >= 11 is 0. The van der Waals surface area contributed by atoms with Crippen LogP contribution in [0.15, 0.2) is 77.2 Å². The second-order valence-corrected chi connectivity index (χ2v) is 7.90. The Kier molecular flexibility index (Phi) is 5.62. The van der Waals surface area contributed by atoms with E-state index in [0.29, 0.717) is 27.8 Å². The fourth-order valence-corrected chi connectivity index (χ4v) is 4.15. The Morgan fingerprint density at radius 2 is 1.68 bits per heavy atom. The number of hydrogen-bond acceptors (Lipinski definition) is 5. The van der Waals surface area contributed by atoms with E-state index in [1.807, 2.05) is 30.3 Å². The number of carbonyl (C=O) groups excluding carboxylic acids is 1. The van der Waals surface area contributed by atoms with Crippen molar-refractivity contribution in [2.45, 2.75) is 25.1 Å². The smallest absolute Gasteiger partial charge is 0.314 e. The molecule has 0 saturated heterocycles. The predicted molar refractivity (Wildman–Crippen MR) is 115 cm³/mol. The first kappa shape index (κ1) is 21.8. The van der Waals surface area contributed by atoms with Crippen molar-refractivity contribution in [2.24, 2.45) is 0 Å². The monoisotopic (exact) mass is 465 g/mol. The molecule has 0 radical (unpaired) electrons. The van der Waals surface area contributed by atoms with E-state index in [1.54, 1.807) is 12.1 Å². The van der Waals surface area contributed by atoms with Crippen LogP contribution in [0.1, 0.15) is 51.5 Å². The van der Waals surface area contributed by atoms with Crippen LogP contribution in [-0.2, 0) is 6.54 Å². The summed E-state index contributed by atoms with van der Waals surface area (Å²) in [5.41, 5.74) is 2.56. The van der Waals surface area contributed by atoms with Gasteiger partial charge in [0.2, 0.25) is 5.89 Å². The van der Waals surface area contributed by atoms with Gasteiger partial charge in [-0.1, -0.05) is 48.5 Å². The molecule has 34 heavy (non-hydrogen) atoms. The van der Waals surface area contributed by atoms with E-state index in [0.717, 1.165) is 0 Å². The highest BCUT2D eigenvalue weighted by Gasteiger charge is 2.38. The molecule has 4 aromatic rings. The zero-order valence-corrected chi connectivity index (χ0v) is 17.6. The first-order chi connectivity index (χ1) is 16.4. The molecule has 2 atom stereocenters. The highest BCUT2D eigenvalue weighted by molar-refractivity contribution is 5.99. The maximum absolute atomic E-state index is 13.5. The predicted octanol–water partition coefficient (Wildman–Crippen LogP) is 5.24. The first-order valence-electron chi connectivity index (χ1n) is 10.5. The van der Waals surface area contributed by atoms with Crippen molar-refractivity contribution in [3.63, 3.8) is 0 Å². The van der Waals surface area contributed by atoms with Crippen LogP contribution in [0.2, 0.25) is 0 Å². The van der Waals surface area contributed by atoms with Crippen LogP contribution in [0, 0.1) is 5.82 Å². The SMILES string of the molecule is O=C1c2cc(-c3nnc(C(F)F)o3)ccc2CN1C(c1ccccc1)C(O)c1ccc(F)cc1. The molecule has 2 heterocycles. The number of aliphatic hydroxyl groups excluding tert-OH is 1. The number of aromatic nitrogens is 2. The van der Waals surface area contributed by atoms with Gasteiger partial charge in [0, 0.05) is 17.7 Å². The minimum absolute atomic E-state index is 0.115. The van der Waals surface area contributed by atoms with Crippen molar-refractivity contribution < 1.29 is 27.5 Å². The number of rotatable bonds is 6. The van der Waals surface area contributed by atoms with Gasteiger partial charge in [-0.15, -0.1) is 10.2 Å². The molecule has 172 valence electrons. The average Bonchev–Trinajstić information content (AvgIpc) is 3.46. The van der Waals surface area contributed by atoms with Gasteiger partial charge in [-0.3, -0.25) is 4.79 Å². The maximum Gasteiger partial charge on any atom is 0.314 e. The minimum Gasteiger partial charge on any atom is -0.415 e. The van der Waals surface area contributed by atoms with E-state index >= 15 is 0 Å². The van der Waals surface area contributed by atoms with Gasteiger partial charge in [0.05, 0.1) is 6.04 Å². The van der Waals surface area contributed by atoms with Crippen LogP contribution in [0.3, 0.4) is 0 Å². The molecule has 1 N–H and O–H groups in total. The zero-order chi connectivity index (χ0) is 23.8. The van der Waals surface area contributed by atoms with Gasteiger partial charge in [0.1, 0.15) is 11.9 Å². The van der Waals surface area contributed by atoms with Crippen molar-refractivity contribution in [1.29, 1.82) is 0 Å². The number of benzene rings is 3. The quantitative estimate of drug-likeness (QED) is 0.421. The van der Waals surface area contributed by atoms with Crippen molar-refractivity contribution in [3.8, 4) is 11.5 Å². The molecule has 0 spiro atoms. The first-order valence-corrected chi connectivity index (χ1v) is 10.5. The molecule has 0 bridgehead atoms. The summed E-state index contributed by atoms with van der Waals surface area (Å²) in [6, 6.07) is 18.6. The van der Waals surface area contributed by atoms with E-state index in [-0.39, 0.29) is 18.3 Å². The normalized spacial score (nSPS) is 15.0. The van der Waals surface area contributed by atoms with Crippen LogP contribution in [0.5, 0.6) is 0 Å². The Hall–Kier alpha value is -3.98. The maximum atomic E-state index is 13.5. The fraction of sp³-hybridized carbons (Fsp3) is 0.160. The zero-order valence-electron chi connectivity index (χ0n) is 17.6. The molecule has 0 fully saturated rings. The lowest BCUT2D eigenvalue weighted by Gasteiger charge is -2.32. The van der Waals surface area contributed by atoms with E-state index in [1.165, 1.54) is 35.2 Å². The number of fused-ring (bicyclic) bond motifs is 1. The largest absolute Gasteiger partial charge is 0.415 e. The van der Waals surface area contributed by atoms with Gasteiger partial charge in [0.25, 0.3) is 11.8 Å². The Labute approximate surface area is 192 Å².